The molecule has 0 unspecified atom stereocenters. The number of nitriles is 1. The van der Waals surface area contributed by atoms with Gasteiger partial charge in [0.25, 0.3) is 0 Å². The van der Waals surface area contributed by atoms with E-state index in [1.807, 2.05) is 30.1 Å². The van der Waals surface area contributed by atoms with Crippen molar-refractivity contribution in [2.24, 2.45) is 0 Å². The minimum Gasteiger partial charge on any atom is -0.364 e. The highest BCUT2D eigenvalue weighted by Gasteiger charge is 2.24. The summed E-state index contributed by atoms with van der Waals surface area (Å²) in [7, 11) is 1.85. The molecule has 1 saturated carbocycles. The van der Waals surface area contributed by atoms with Crippen molar-refractivity contribution in [3.05, 3.63) is 23.8 Å². The number of carbonyl (C=O) groups is 1. The summed E-state index contributed by atoms with van der Waals surface area (Å²) in [6.07, 6.45) is 2.17. The molecule has 2 rings (SSSR count). The van der Waals surface area contributed by atoms with Gasteiger partial charge in [-0.3, -0.25) is 4.79 Å². The van der Waals surface area contributed by atoms with E-state index in [2.05, 4.69) is 18.3 Å². The molecule has 0 heterocycles. The number of amides is 1. The molecular formula is C15H19N3OS. The topological polar surface area (TPSA) is 56.1 Å². The summed E-state index contributed by atoms with van der Waals surface area (Å²) >= 11 is 1.65. The van der Waals surface area contributed by atoms with Gasteiger partial charge < -0.3 is 10.2 Å². The second kappa shape index (κ2) is 6.67. The van der Waals surface area contributed by atoms with Gasteiger partial charge in [-0.25, -0.2) is 0 Å². The first-order valence-corrected chi connectivity index (χ1v) is 7.80. The van der Waals surface area contributed by atoms with Gasteiger partial charge in [-0.1, -0.05) is 13.0 Å². The number of hydrogen-bond donors (Lipinski definition) is 1. The van der Waals surface area contributed by atoms with E-state index in [9.17, 15) is 10.1 Å². The number of likely N-dealkylation sites (N-methyl/N-ethyl adjacent to an activating group) is 1. The van der Waals surface area contributed by atoms with Gasteiger partial charge in [0.15, 0.2) is 0 Å². The summed E-state index contributed by atoms with van der Waals surface area (Å²) in [5.74, 6) is 0.941. The zero-order valence-electron chi connectivity index (χ0n) is 11.8. The van der Waals surface area contributed by atoms with E-state index in [0.29, 0.717) is 11.6 Å². The summed E-state index contributed by atoms with van der Waals surface area (Å²) in [5, 5.41) is 12.3. The molecule has 1 aromatic carbocycles. The lowest BCUT2D eigenvalue weighted by Gasteiger charge is -2.21. The van der Waals surface area contributed by atoms with Crippen LogP contribution in [0.15, 0.2) is 23.1 Å². The Hall–Kier alpha value is -1.67. The number of nitrogens with zero attached hydrogens (tertiary/aromatic N) is 2. The van der Waals surface area contributed by atoms with Crippen LogP contribution in [0.2, 0.25) is 0 Å². The Labute approximate surface area is 124 Å². The molecule has 1 N–H and O–H groups in total. The van der Waals surface area contributed by atoms with Crippen LogP contribution in [-0.2, 0) is 4.79 Å². The summed E-state index contributed by atoms with van der Waals surface area (Å²) in [4.78, 5) is 14.7. The van der Waals surface area contributed by atoms with Crippen LogP contribution >= 0.6 is 11.8 Å². The molecule has 1 fully saturated rings. The van der Waals surface area contributed by atoms with E-state index in [4.69, 9.17) is 0 Å². The maximum atomic E-state index is 11.8. The smallest absolute Gasteiger partial charge is 0.239 e. The standard InChI is InChI=1S/C15H19N3OS/c1-3-20-14-6-4-5-13(12(14)9-16)18(2)10-15(19)17-11-7-8-11/h4-6,11H,3,7-8,10H2,1-2H3,(H,17,19). The van der Waals surface area contributed by atoms with Gasteiger partial charge in [-0.05, 0) is 30.7 Å². The largest absolute Gasteiger partial charge is 0.364 e. The molecule has 0 saturated heterocycles. The summed E-state index contributed by atoms with van der Waals surface area (Å²) in [6, 6.07) is 8.41. The van der Waals surface area contributed by atoms with Crippen LogP contribution in [0, 0.1) is 11.3 Å². The van der Waals surface area contributed by atoms with E-state index >= 15 is 0 Å². The molecule has 1 aliphatic carbocycles. The molecule has 4 nitrogen and oxygen atoms in total. The van der Waals surface area contributed by atoms with Crippen molar-refractivity contribution in [2.45, 2.75) is 30.7 Å². The van der Waals surface area contributed by atoms with Crippen LogP contribution in [0.1, 0.15) is 25.3 Å². The predicted octanol–water partition coefficient (Wildman–Crippen LogP) is 2.39. The van der Waals surface area contributed by atoms with E-state index < -0.39 is 0 Å². The zero-order valence-corrected chi connectivity index (χ0v) is 12.7. The lowest BCUT2D eigenvalue weighted by molar-refractivity contribution is -0.119. The quantitative estimate of drug-likeness (QED) is 0.817. The van der Waals surface area contributed by atoms with Crippen molar-refractivity contribution in [3.63, 3.8) is 0 Å². The van der Waals surface area contributed by atoms with Crippen LogP contribution in [0.3, 0.4) is 0 Å². The first kappa shape index (κ1) is 14.7. The van der Waals surface area contributed by atoms with Gasteiger partial charge in [-0.15, -0.1) is 11.8 Å². The fourth-order valence-corrected chi connectivity index (χ4v) is 2.81. The van der Waals surface area contributed by atoms with Crippen molar-refractivity contribution in [3.8, 4) is 6.07 Å². The number of rotatable bonds is 6. The van der Waals surface area contributed by atoms with Crippen molar-refractivity contribution in [2.75, 3.05) is 24.2 Å². The predicted molar refractivity (Wildman–Crippen MR) is 82.0 cm³/mol. The zero-order chi connectivity index (χ0) is 14.5. The highest BCUT2D eigenvalue weighted by atomic mass is 32.2. The number of thioether (sulfide) groups is 1. The first-order chi connectivity index (χ1) is 9.65. The maximum absolute atomic E-state index is 11.8. The van der Waals surface area contributed by atoms with Gasteiger partial charge in [0.2, 0.25) is 5.91 Å². The molecule has 1 aliphatic rings. The summed E-state index contributed by atoms with van der Waals surface area (Å²) < 4.78 is 0. The average Bonchev–Trinajstić information content (AvgIpc) is 3.22. The highest BCUT2D eigenvalue weighted by Crippen LogP contribution is 2.29. The van der Waals surface area contributed by atoms with Crippen molar-refractivity contribution in [1.29, 1.82) is 5.26 Å². The lowest BCUT2D eigenvalue weighted by Crippen LogP contribution is -2.36. The Morgan fingerprint density at radius 3 is 2.90 bits per heavy atom. The first-order valence-electron chi connectivity index (χ1n) is 6.82. The minimum atomic E-state index is 0.0208. The number of benzene rings is 1. The molecule has 1 amide bonds. The van der Waals surface area contributed by atoms with Crippen LogP contribution in [-0.4, -0.2) is 31.3 Å². The van der Waals surface area contributed by atoms with E-state index in [0.717, 1.165) is 29.2 Å². The Morgan fingerprint density at radius 1 is 1.55 bits per heavy atom. The van der Waals surface area contributed by atoms with Crippen molar-refractivity contribution < 1.29 is 4.79 Å². The molecule has 0 radical (unpaired) electrons. The molecule has 1 aromatic rings. The van der Waals surface area contributed by atoms with Gasteiger partial charge in [-0.2, -0.15) is 5.26 Å². The average molecular weight is 289 g/mol. The molecule has 106 valence electrons. The SMILES string of the molecule is CCSc1cccc(N(C)CC(=O)NC2CC2)c1C#N. The van der Waals surface area contributed by atoms with E-state index in [-0.39, 0.29) is 12.5 Å². The molecule has 0 atom stereocenters. The number of nitrogens with one attached hydrogen (secondary N) is 1. The van der Waals surface area contributed by atoms with Crippen LogP contribution in [0.4, 0.5) is 5.69 Å². The maximum Gasteiger partial charge on any atom is 0.239 e. The number of hydrogen-bond acceptors (Lipinski definition) is 4. The molecule has 20 heavy (non-hydrogen) atoms. The normalized spacial score (nSPS) is 13.7. The lowest BCUT2D eigenvalue weighted by atomic mass is 10.2. The molecule has 5 heteroatoms. The van der Waals surface area contributed by atoms with E-state index in [1.54, 1.807) is 11.8 Å². The van der Waals surface area contributed by atoms with E-state index in [1.165, 1.54) is 0 Å². The number of anilines is 1. The molecule has 0 bridgehead atoms. The third kappa shape index (κ3) is 3.67. The summed E-state index contributed by atoms with van der Waals surface area (Å²) in [6.45, 7) is 2.34. The molecule has 0 aromatic heterocycles. The van der Waals surface area contributed by atoms with Gasteiger partial charge in [0.1, 0.15) is 6.07 Å². The Balaban J connectivity index is 2.11. The fraction of sp³-hybridized carbons (Fsp3) is 0.467. The van der Waals surface area contributed by atoms with Crippen molar-refractivity contribution in [1.82, 2.24) is 5.32 Å². The molecule has 0 spiro atoms. The third-order valence-corrected chi connectivity index (χ3v) is 4.09. The second-order valence-corrected chi connectivity index (χ2v) is 6.20. The van der Waals surface area contributed by atoms with Crippen LogP contribution in [0.5, 0.6) is 0 Å². The van der Waals surface area contributed by atoms with Gasteiger partial charge in [0, 0.05) is 18.0 Å². The van der Waals surface area contributed by atoms with Gasteiger partial charge >= 0.3 is 0 Å². The van der Waals surface area contributed by atoms with Crippen LogP contribution < -0.4 is 10.2 Å². The van der Waals surface area contributed by atoms with Crippen molar-refractivity contribution >= 4 is 23.4 Å². The molecule has 0 aliphatic heterocycles. The third-order valence-electron chi connectivity index (χ3n) is 3.15. The monoisotopic (exact) mass is 289 g/mol. The number of carbonyl (C=O) groups excluding carboxylic acids is 1. The Morgan fingerprint density at radius 2 is 2.30 bits per heavy atom. The second-order valence-electron chi connectivity index (χ2n) is 4.89. The van der Waals surface area contributed by atoms with Crippen LogP contribution in [0.25, 0.3) is 0 Å². The fourth-order valence-electron chi connectivity index (χ4n) is 2.03. The highest BCUT2D eigenvalue weighted by molar-refractivity contribution is 7.99. The van der Waals surface area contributed by atoms with Gasteiger partial charge in [0.05, 0.1) is 17.8 Å². The molecular weight excluding hydrogens is 270 g/mol. The minimum absolute atomic E-state index is 0.0208. The Kier molecular flexibility index (Phi) is 4.91. The summed E-state index contributed by atoms with van der Waals surface area (Å²) in [5.41, 5.74) is 1.47. The Bertz CT molecular complexity index is 534.